The van der Waals surface area contributed by atoms with Crippen LogP contribution in [-0.2, 0) is 14.3 Å². The van der Waals surface area contributed by atoms with Crippen LogP contribution in [0, 0.1) is 12.3 Å². The fourth-order valence-corrected chi connectivity index (χ4v) is 2.44. The average molecular weight is 350 g/mol. The van der Waals surface area contributed by atoms with E-state index in [1.165, 1.54) is 0 Å². The molecule has 1 N–H and O–H groups in total. The van der Waals surface area contributed by atoms with Crippen LogP contribution in [0.2, 0.25) is 0 Å². The molecule has 0 radical (unpaired) electrons. The lowest BCUT2D eigenvalue weighted by Gasteiger charge is -2.20. The summed E-state index contributed by atoms with van der Waals surface area (Å²) in [5, 5.41) is 8.82. The van der Waals surface area contributed by atoms with Gasteiger partial charge in [-0.3, -0.25) is 9.59 Å². The van der Waals surface area contributed by atoms with Gasteiger partial charge < -0.3 is 19.3 Å². The minimum absolute atomic E-state index is 0.0549. The smallest absolute Gasteiger partial charge is 0.306 e. The van der Waals surface area contributed by atoms with E-state index in [1.807, 2.05) is 19.1 Å². The molecule has 1 aromatic carbocycles. The Balaban J connectivity index is 2.61. The predicted octanol–water partition coefficient (Wildman–Crippen LogP) is 3.46. The van der Waals surface area contributed by atoms with Gasteiger partial charge in [0.25, 0.3) is 0 Å². The third kappa shape index (κ3) is 6.87. The first kappa shape index (κ1) is 20.5. The van der Waals surface area contributed by atoms with Crippen molar-refractivity contribution in [3.63, 3.8) is 0 Å². The first-order valence-corrected chi connectivity index (χ1v) is 7.95. The van der Waals surface area contributed by atoms with Crippen molar-refractivity contribution < 1.29 is 28.9 Å². The third-order valence-electron chi connectivity index (χ3n) is 3.68. The van der Waals surface area contributed by atoms with E-state index in [2.05, 4.69) is 0 Å². The Morgan fingerprint density at radius 3 is 2.16 bits per heavy atom. The van der Waals surface area contributed by atoms with Gasteiger partial charge in [-0.15, -0.1) is 0 Å². The summed E-state index contributed by atoms with van der Waals surface area (Å²) in [6, 6.07) is 3.73. The van der Waals surface area contributed by atoms with Crippen molar-refractivity contribution in [2.45, 2.75) is 33.6 Å². The number of carbonyl (C=O) groups is 2. The highest BCUT2D eigenvalue weighted by Gasteiger charge is 2.25. The summed E-state index contributed by atoms with van der Waals surface area (Å²) >= 11 is 0. The van der Waals surface area contributed by atoms with Gasteiger partial charge in [-0.05, 0) is 36.1 Å². The minimum atomic E-state index is -0.931. The zero-order valence-corrected chi connectivity index (χ0v) is 15.4. The molecule has 6 heteroatoms. The number of carboxylic acid groups (broad SMARTS) is 1. The maximum atomic E-state index is 11.8. The van der Waals surface area contributed by atoms with Crippen LogP contribution in [0.5, 0.6) is 11.5 Å². The molecule has 0 bridgehead atoms. The quantitative estimate of drug-likeness (QED) is 0.687. The average Bonchev–Trinajstić information content (AvgIpc) is 2.50. The van der Waals surface area contributed by atoms with Crippen molar-refractivity contribution in [1.29, 1.82) is 0 Å². The van der Waals surface area contributed by atoms with Gasteiger partial charge in [-0.25, -0.2) is 0 Å². The van der Waals surface area contributed by atoms with Crippen LogP contribution >= 0.6 is 0 Å². The zero-order chi connectivity index (χ0) is 19.0. The van der Waals surface area contributed by atoms with Gasteiger partial charge in [0.05, 0.1) is 27.1 Å². The normalized spacial score (nSPS) is 11.4. The second-order valence-corrected chi connectivity index (χ2v) is 6.55. The van der Waals surface area contributed by atoms with Crippen LogP contribution in [0.4, 0.5) is 0 Å². The number of esters is 1. The molecule has 0 unspecified atom stereocenters. The molecule has 0 aliphatic carbocycles. The second kappa shape index (κ2) is 9.11. The number of ether oxygens (including phenoxy) is 3. The zero-order valence-electron chi connectivity index (χ0n) is 15.4. The van der Waals surface area contributed by atoms with Crippen molar-refractivity contribution in [3.05, 3.63) is 29.3 Å². The van der Waals surface area contributed by atoms with Crippen LogP contribution in [0.3, 0.4) is 0 Å². The maximum absolute atomic E-state index is 11.8. The number of rotatable bonds is 9. The van der Waals surface area contributed by atoms with E-state index >= 15 is 0 Å². The third-order valence-corrected chi connectivity index (χ3v) is 3.68. The molecule has 25 heavy (non-hydrogen) atoms. The highest BCUT2D eigenvalue weighted by Crippen LogP contribution is 2.30. The van der Waals surface area contributed by atoms with Gasteiger partial charge >= 0.3 is 11.9 Å². The van der Waals surface area contributed by atoms with Gasteiger partial charge in [0.2, 0.25) is 0 Å². The van der Waals surface area contributed by atoms with Crippen LogP contribution < -0.4 is 9.47 Å². The van der Waals surface area contributed by atoms with E-state index in [9.17, 15) is 9.59 Å². The molecule has 0 saturated heterocycles. The largest absolute Gasteiger partial charge is 0.496 e. The van der Waals surface area contributed by atoms with Gasteiger partial charge in [0, 0.05) is 5.56 Å². The molecule has 1 aromatic rings. The van der Waals surface area contributed by atoms with E-state index in [4.69, 9.17) is 19.3 Å². The molecule has 0 amide bonds. The van der Waals surface area contributed by atoms with Gasteiger partial charge in [-0.2, -0.15) is 0 Å². The second-order valence-electron chi connectivity index (χ2n) is 6.55. The monoisotopic (exact) mass is 350 g/mol. The van der Waals surface area contributed by atoms with Crippen LogP contribution in [0.15, 0.2) is 18.2 Å². The topological polar surface area (TPSA) is 82.1 Å². The fraction of sp³-hybridized carbons (Fsp3) is 0.474. The Hall–Kier alpha value is -2.50. The molecule has 0 spiro atoms. The first-order valence-electron chi connectivity index (χ1n) is 7.95. The fourth-order valence-electron chi connectivity index (χ4n) is 2.44. The SMILES string of the molecule is COc1cc(/C=C/COC(=O)CC(C)(C)CC(=O)O)cc(OC)c1C. The molecule has 0 aromatic heterocycles. The Labute approximate surface area is 148 Å². The Morgan fingerprint density at radius 2 is 1.68 bits per heavy atom. The van der Waals surface area contributed by atoms with Crippen molar-refractivity contribution in [2.24, 2.45) is 5.41 Å². The van der Waals surface area contributed by atoms with Gasteiger partial charge in [0.1, 0.15) is 18.1 Å². The van der Waals surface area contributed by atoms with Crippen LogP contribution in [0.25, 0.3) is 6.08 Å². The van der Waals surface area contributed by atoms with E-state index < -0.39 is 17.4 Å². The van der Waals surface area contributed by atoms with Crippen molar-refractivity contribution in [1.82, 2.24) is 0 Å². The number of hydrogen-bond acceptors (Lipinski definition) is 5. The number of hydrogen-bond donors (Lipinski definition) is 1. The summed E-state index contributed by atoms with van der Waals surface area (Å²) < 4.78 is 15.8. The maximum Gasteiger partial charge on any atom is 0.306 e. The molecule has 0 aliphatic rings. The van der Waals surface area contributed by atoms with Gasteiger partial charge in [0.15, 0.2) is 0 Å². The lowest BCUT2D eigenvalue weighted by atomic mass is 9.86. The molecule has 0 saturated carbocycles. The van der Waals surface area contributed by atoms with E-state index in [0.717, 1.165) is 11.1 Å². The summed E-state index contributed by atoms with van der Waals surface area (Å²) in [5.74, 6) is 0.0766. The van der Waals surface area contributed by atoms with Crippen molar-refractivity contribution in [3.8, 4) is 11.5 Å². The Morgan fingerprint density at radius 1 is 1.12 bits per heavy atom. The Bertz CT molecular complexity index is 620. The molecule has 0 aliphatic heterocycles. The molecular weight excluding hydrogens is 324 g/mol. The van der Waals surface area contributed by atoms with Crippen LogP contribution in [0.1, 0.15) is 37.8 Å². The lowest BCUT2D eigenvalue weighted by Crippen LogP contribution is -2.22. The predicted molar refractivity (Wildman–Crippen MR) is 94.9 cm³/mol. The van der Waals surface area contributed by atoms with E-state index in [0.29, 0.717) is 11.5 Å². The molecule has 0 fully saturated rings. The van der Waals surface area contributed by atoms with Crippen molar-refractivity contribution >= 4 is 18.0 Å². The van der Waals surface area contributed by atoms with Crippen molar-refractivity contribution in [2.75, 3.05) is 20.8 Å². The number of aliphatic carboxylic acids is 1. The standard InChI is InChI=1S/C19H26O6/c1-13-15(23-4)9-14(10-16(13)24-5)7-6-8-25-18(22)12-19(2,3)11-17(20)21/h6-7,9-10H,8,11-12H2,1-5H3,(H,20,21)/b7-6+. The minimum Gasteiger partial charge on any atom is -0.496 e. The molecule has 138 valence electrons. The molecule has 0 atom stereocenters. The van der Waals surface area contributed by atoms with Crippen LogP contribution in [-0.4, -0.2) is 37.9 Å². The number of carboxylic acids is 1. The molecule has 6 nitrogen and oxygen atoms in total. The summed E-state index contributed by atoms with van der Waals surface area (Å²) in [4.78, 5) is 22.6. The summed E-state index contributed by atoms with van der Waals surface area (Å²) in [7, 11) is 3.19. The van der Waals surface area contributed by atoms with E-state index in [1.54, 1.807) is 40.2 Å². The summed E-state index contributed by atoms with van der Waals surface area (Å²) in [5.41, 5.74) is 1.14. The molecule has 1 rings (SSSR count). The number of benzene rings is 1. The first-order chi connectivity index (χ1) is 11.7. The molecule has 0 heterocycles. The lowest BCUT2D eigenvalue weighted by molar-refractivity contribution is -0.146. The highest BCUT2D eigenvalue weighted by atomic mass is 16.5. The highest BCUT2D eigenvalue weighted by molar-refractivity contribution is 5.73. The molecular formula is C19H26O6. The Kier molecular flexibility index (Phi) is 7.48. The van der Waals surface area contributed by atoms with E-state index in [-0.39, 0.29) is 19.4 Å². The number of methoxy groups -OCH3 is 2. The summed E-state index contributed by atoms with van der Waals surface area (Å²) in [6.07, 6.45) is 3.49. The van der Waals surface area contributed by atoms with Gasteiger partial charge in [-0.1, -0.05) is 19.9 Å². The number of carbonyl (C=O) groups excluding carboxylic acids is 1. The summed E-state index contributed by atoms with van der Waals surface area (Å²) in [6.45, 7) is 5.47.